The topological polar surface area (TPSA) is 573 Å². The van der Waals surface area contributed by atoms with Gasteiger partial charge < -0.3 is 61.2 Å². The van der Waals surface area contributed by atoms with Gasteiger partial charge in [-0.05, 0) is 151 Å². The molecule has 0 spiro atoms. The van der Waals surface area contributed by atoms with Crippen LogP contribution in [0.3, 0.4) is 0 Å². The lowest BCUT2D eigenvalue weighted by Gasteiger charge is -2.17. The molecule has 3 aromatic heterocycles. The van der Waals surface area contributed by atoms with Crippen LogP contribution < -0.4 is 5.32 Å². The number of benzene rings is 4. The average molecular weight is 1500 g/mol. The van der Waals surface area contributed by atoms with Gasteiger partial charge in [-0.2, -0.15) is 25.3 Å². The largest absolute Gasteiger partial charge is 0.497 e. The predicted molar refractivity (Wildman–Crippen MR) is 386 cm³/mol. The molecule has 0 aliphatic carbocycles. The maximum atomic E-state index is 13.6. The minimum absolute atomic E-state index is 0.100. The maximum absolute atomic E-state index is 13.6. The van der Waals surface area contributed by atoms with Crippen LogP contribution in [0.1, 0.15) is 93.4 Å². The van der Waals surface area contributed by atoms with Crippen molar-refractivity contribution in [2.45, 2.75) is 109 Å². The second-order valence-electron chi connectivity index (χ2n) is 23.7. The number of aliphatic hydroxyl groups is 5. The maximum Gasteiger partial charge on any atom is 0.303 e. The molecule has 0 radical (unpaired) electrons. The lowest BCUT2D eigenvalue weighted by molar-refractivity contribution is -0.138. The van der Waals surface area contributed by atoms with Gasteiger partial charge in [-0.25, -0.2) is 29.9 Å². The number of hydrogen-bond donors (Lipinski definition) is 16. The van der Waals surface area contributed by atoms with Crippen LogP contribution in [0.15, 0.2) is 156 Å². The Labute approximate surface area is 596 Å². The first-order valence-electron chi connectivity index (χ1n) is 31.6. The molecule has 4 aromatic carbocycles. The second kappa shape index (κ2) is 32.9. The van der Waals surface area contributed by atoms with Crippen molar-refractivity contribution in [1.82, 2.24) is 19.9 Å². The van der Waals surface area contributed by atoms with Crippen LogP contribution in [0.25, 0.3) is 90.9 Å². The quantitative estimate of drug-likeness (QED) is 0.0106. The van der Waals surface area contributed by atoms with Gasteiger partial charge in [0.1, 0.15) is 24.2 Å². The zero-order chi connectivity index (χ0) is 76.2. The van der Waals surface area contributed by atoms with Crippen molar-refractivity contribution < 1.29 is 109 Å². The Bertz CT molecular complexity index is 5230. The Morgan fingerprint density at radius 1 is 0.381 bits per heavy atom. The number of carboxylic acids is 4. The lowest BCUT2D eigenvalue weighted by atomic mass is 10.0. The van der Waals surface area contributed by atoms with E-state index >= 15 is 0 Å². The normalized spacial score (nSPS) is 14.1. The average Bonchev–Trinajstić information content (AvgIpc) is 1.62. The fraction of sp³-hybridized carbons (Fsp3) is 0.217. The molecule has 36 heteroatoms. The molecule has 7 aromatic rings. The number of nitrogens with zero attached hydrogens (tertiary/aromatic N) is 6. The van der Waals surface area contributed by atoms with Crippen LogP contribution >= 0.6 is 0 Å². The van der Waals surface area contributed by atoms with Crippen molar-refractivity contribution in [3.8, 4) is 44.5 Å². The van der Waals surface area contributed by atoms with Crippen LogP contribution in [-0.4, -0.2) is 188 Å². The molecule has 105 heavy (non-hydrogen) atoms. The van der Waals surface area contributed by atoms with E-state index in [2.05, 4.69) is 35.3 Å². The molecular formula is C69H66N10O23S3. The van der Waals surface area contributed by atoms with Crippen LogP contribution in [0.2, 0.25) is 0 Å². The number of carboxylic acid groups (broad SMARTS) is 4. The number of nitrogens with one attached hydrogen (secondary N) is 4. The van der Waals surface area contributed by atoms with Gasteiger partial charge in [0.15, 0.2) is 5.90 Å². The van der Waals surface area contributed by atoms with Gasteiger partial charge in [-0.15, -0.1) is 0 Å². The van der Waals surface area contributed by atoms with Gasteiger partial charge in [0, 0.05) is 88.5 Å². The first kappa shape index (κ1) is 77.1. The molecule has 548 valence electrons. The minimum Gasteiger partial charge on any atom is -0.497 e. The standard InChI is InChI=1S/C69H66N10O23S3/c70-66(90)52(28-32-58(82)83)77-68(92)54(30-34-60(86)87)79-69(93)55(31-35-61(88)89)78-67(91)53(29-33-59(84)85)76-57(81)3-1-2-56(80)71-40-12-4-36(5-13-40)62-44-20-22-46(72-44)63(37-6-14-41(15-7-37)103(94,95)96)48-24-26-50(74-48)65(39-10-18-43(19-11-39)105(100,101)102)51-27-25-49(75-51)64(47-23-21-45(62)73-47)38-8-16-42(17-9-38)104(97,98)99/h4-27,52-55,72,75H,1-3,28-35H2,(H2,70,90)(H,71,80)(H,76,81)(H,77,92)(H,78,91)(H,79,93)(H,82,83)(H,84,85)(H,86,87)(H,88,89)(H,94,95,96)(H,97,98,99)(H,100,101,102)/t52-,53-,54-,55-/m0/s1. The van der Waals surface area contributed by atoms with E-state index in [1.807, 2.05) is 0 Å². The van der Waals surface area contributed by atoms with Crippen LogP contribution in [0, 0.1) is 5.41 Å². The van der Waals surface area contributed by atoms with E-state index in [1.54, 1.807) is 72.8 Å². The summed E-state index contributed by atoms with van der Waals surface area (Å²) in [6, 6.07) is 22.7. The molecule has 8 bridgehead atoms. The number of hydrogen-bond acceptors (Lipinski definition) is 18. The molecule has 2 aliphatic heterocycles. The Hall–Kier alpha value is -12.1. The smallest absolute Gasteiger partial charge is 0.303 e. The zero-order valence-electron chi connectivity index (χ0n) is 54.7. The summed E-state index contributed by atoms with van der Waals surface area (Å²) in [4.78, 5) is 91.2. The number of aliphatic hydroxyl groups excluding tert-OH is 5. The van der Waals surface area contributed by atoms with Gasteiger partial charge in [-0.3, -0.25) is 43.0 Å². The lowest BCUT2D eigenvalue weighted by Crippen LogP contribution is -2.31. The monoisotopic (exact) mass is 1500 g/mol. The van der Waals surface area contributed by atoms with E-state index in [9.17, 15) is 104 Å². The second-order valence-corrected chi connectivity index (χ2v) is 27.9. The number of aliphatic carboxylic acids is 4. The molecule has 16 N–H and O–H groups in total. The summed E-state index contributed by atoms with van der Waals surface area (Å²) in [5.74, 6) is -11.3. The van der Waals surface area contributed by atoms with E-state index in [4.69, 9.17) is 20.5 Å². The van der Waals surface area contributed by atoms with Crippen molar-refractivity contribution in [3.63, 3.8) is 0 Å². The molecule has 2 aliphatic rings. The number of aliphatic imine (C=N–C) groups is 4. The molecular weight excluding hydrogens is 1430 g/mol. The molecule has 33 nitrogen and oxygen atoms in total. The third-order valence-corrected chi connectivity index (χ3v) is 18.8. The number of rotatable bonds is 32. The van der Waals surface area contributed by atoms with E-state index in [1.165, 1.54) is 72.8 Å². The van der Waals surface area contributed by atoms with Crippen molar-refractivity contribution in [1.29, 1.82) is 5.41 Å². The van der Waals surface area contributed by atoms with Crippen molar-refractivity contribution in [3.05, 3.63) is 144 Å². The van der Waals surface area contributed by atoms with Gasteiger partial charge in [0.2, 0.25) is 29.5 Å². The Balaban J connectivity index is 1.05. The van der Waals surface area contributed by atoms with Crippen molar-refractivity contribution in [2.75, 3.05) is 5.32 Å². The SMILES string of the molecule is N=C(O)[C@H](CCC(=O)O)N=C(O)[C@H](CCC(=O)O)N=C(O)[C@H](CCC(=O)O)N=C(O)[C@H](CCC(=O)O)N=C(O)CCCC(=O)Nc1ccc(-c2c3nc(c(-c4ccc(S(=O)(=O)O)cc4)c4ccc([nH]4)c(-c4ccc(S(=O)(=O)O)cc4)c4nc(c(-c5ccc(S(=O)(=O)O)cc5)c5ccc2[nH]5)C=C4)C=C3)cc1. The van der Waals surface area contributed by atoms with Gasteiger partial charge >= 0.3 is 23.9 Å². The predicted octanol–water partition coefficient (Wildman–Crippen LogP) is 10.5. The number of anilines is 1. The zero-order valence-corrected chi connectivity index (χ0v) is 57.2. The number of carbonyl (C=O) groups is 5. The Morgan fingerprint density at radius 2 is 0.657 bits per heavy atom. The molecule has 0 saturated carbocycles. The molecule has 1 amide bonds. The summed E-state index contributed by atoms with van der Waals surface area (Å²) >= 11 is 0. The number of H-pyrrole nitrogens is 2. The molecule has 9 rings (SSSR count). The molecule has 5 heterocycles. The molecule has 0 fully saturated rings. The summed E-state index contributed by atoms with van der Waals surface area (Å²) < 4.78 is 103. The van der Waals surface area contributed by atoms with Crippen molar-refractivity contribution in [2.24, 2.45) is 20.0 Å². The summed E-state index contributed by atoms with van der Waals surface area (Å²) in [7, 11) is -13.9. The van der Waals surface area contributed by atoms with E-state index in [-0.39, 0.29) is 24.2 Å². The summed E-state index contributed by atoms with van der Waals surface area (Å²) in [5.41, 5.74) is 7.07. The van der Waals surface area contributed by atoms with Gasteiger partial charge in [0.05, 0.1) is 37.5 Å². The van der Waals surface area contributed by atoms with Crippen LogP contribution in [0.5, 0.6) is 0 Å². The first-order chi connectivity index (χ1) is 49.6. The fourth-order valence-electron chi connectivity index (χ4n) is 11.2. The Morgan fingerprint density at radius 3 is 0.943 bits per heavy atom. The summed E-state index contributed by atoms with van der Waals surface area (Å²) in [6.45, 7) is 0. The fourth-order valence-corrected chi connectivity index (χ4v) is 12.6. The number of amides is 1. The van der Waals surface area contributed by atoms with Gasteiger partial charge in [-0.1, -0.05) is 48.5 Å². The summed E-state index contributed by atoms with van der Waals surface area (Å²) in [6.07, 6.45) is 1.05. The highest BCUT2D eigenvalue weighted by Gasteiger charge is 2.28. The highest BCUT2D eigenvalue weighted by atomic mass is 32.2. The highest BCUT2D eigenvalue weighted by Crippen LogP contribution is 2.40. The molecule has 4 atom stereocenters. The number of aromatic amines is 2. The van der Waals surface area contributed by atoms with E-state index < -0.39 is 175 Å². The number of aromatic nitrogens is 4. The van der Waals surface area contributed by atoms with Gasteiger partial charge in [0.25, 0.3) is 30.4 Å². The molecule has 0 unspecified atom stereocenters. The van der Waals surface area contributed by atoms with Crippen molar-refractivity contribution >= 4 is 142 Å². The molecule has 0 saturated heterocycles. The van der Waals surface area contributed by atoms with Crippen LogP contribution in [0.4, 0.5) is 5.69 Å². The Kier molecular flexibility index (Phi) is 24.2. The van der Waals surface area contributed by atoms with E-state index in [0.29, 0.717) is 95.0 Å². The summed E-state index contributed by atoms with van der Waals surface area (Å²) in [5, 5.41) is 102. The number of fused-ring (bicyclic) bond motifs is 8. The first-order valence-corrected chi connectivity index (χ1v) is 35.9. The minimum atomic E-state index is -4.64. The third kappa shape index (κ3) is 20.2. The third-order valence-electron chi connectivity index (χ3n) is 16.2. The number of carbonyl (C=O) groups excluding carboxylic acids is 1. The highest BCUT2D eigenvalue weighted by molar-refractivity contribution is 7.86. The van der Waals surface area contributed by atoms with Crippen LogP contribution in [-0.2, 0) is 54.3 Å². The van der Waals surface area contributed by atoms with E-state index in [0.717, 1.165) is 0 Å².